The van der Waals surface area contributed by atoms with Crippen LogP contribution >= 0.6 is 0 Å². The molecule has 0 amide bonds. The molecule has 3 unspecified atom stereocenters. The minimum absolute atomic E-state index is 0.785. The first kappa shape index (κ1) is 12.4. The van der Waals surface area contributed by atoms with E-state index in [4.69, 9.17) is 4.74 Å². The van der Waals surface area contributed by atoms with Crippen molar-refractivity contribution in [1.29, 1.82) is 0 Å². The van der Waals surface area contributed by atoms with Gasteiger partial charge in [-0.1, -0.05) is 20.3 Å². The highest BCUT2D eigenvalue weighted by atomic mass is 16.5. The van der Waals surface area contributed by atoms with Crippen molar-refractivity contribution < 1.29 is 4.74 Å². The molecule has 3 atom stereocenters. The average Bonchev–Trinajstić information content (AvgIpc) is 2.69. The SMILES string of the molecule is CCC1CCC(NCC2CCOCC2)C1C. The minimum atomic E-state index is 0.785. The molecule has 0 aromatic heterocycles. The van der Waals surface area contributed by atoms with E-state index in [2.05, 4.69) is 19.2 Å². The van der Waals surface area contributed by atoms with Gasteiger partial charge < -0.3 is 10.1 Å². The van der Waals surface area contributed by atoms with E-state index in [1.807, 2.05) is 0 Å². The largest absolute Gasteiger partial charge is 0.381 e. The van der Waals surface area contributed by atoms with Gasteiger partial charge >= 0.3 is 0 Å². The molecule has 1 aliphatic heterocycles. The molecule has 2 fully saturated rings. The van der Waals surface area contributed by atoms with E-state index in [0.717, 1.165) is 37.0 Å². The van der Waals surface area contributed by atoms with Crippen molar-refractivity contribution in [2.75, 3.05) is 19.8 Å². The quantitative estimate of drug-likeness (QED) is 0.794. The van der Waals surface area contributed by atoms with E-state index in [-0.39, 0.29) is 0 Å². The molecule has 1 saturated heterocycles. The van der Waals surface area contributed by atoms with Crippen LogP contribution in [0, 0.1) is 17.8 Å². The van der Waals surface area contributed by atoms with E-state index in [1.54, 1.807) is 0 Å². The lowest BCUT2D eigenvalue weighted by Crippen LogP contribution is -2.37. The molecule has 1 heterocycles. The Hall–Kier alpha value is -0.0800. The van der Waals surface area contributed by atoms with E-state index >= 15 is 0 Å². The second-order valence-corrected chi connectivity index (χ2v) is 5.68. The summed E-state index contributed by atoms with van der Waals surface area (Å²) >= 11 is 0. The maximum atomic E-state index is 5.40. The normalized spacial score (nSPS) is 36.8. The van der Waals surface area contributed by atoms with Crippen molar-refractivity contribution in [3.63, 3.8) is 0 Å². The maximum Gasteiger partial charge on any atom is 0.0469 e. The predicted molar refractivity (Wildman–Crippen MR) is 67.5 cm³/mol. The number of ether oxygens (including phenoxy) is 1. The molecule has 1 N–H and O–H groups in total. The van der Waals surface area contributed by atoms with Gasteiger partial charge in [0.15, 0.2) is 0 Å². The minimum Gasteiger partial charge on any atom is -0.381 e. The summed E-state index contributed by atoms with van der Waals surface area (Å²) in [5.41, 5.74) is 0. The van der Waals surface area contributed by atoms with Crippen LogP contribution in [0.5, 0.6) is 0 Å². The van der Waals surface area contributed by atoms with Crippen molar-refractivity contribution in [2.45, 2.75) is 52.0 Å². The lowest BCUT2D eigenvalue weighted by atomic mass is 9.93. The summed E-state index contributed by atoms with van der Waals surface area (Å²) in [5.74, 6) is 2.71. The average molecular weight is 225 g/mol. The van der Waals surface area contributed by atoms with Crippen molar-refractivity contribution >= 4 is 0 Å². The van der Waals surface area contributed by atoms with Crippen LogP contribution in [0.2, 0.25) is 0 Å². The van der Waals surface area contributed by atoms with Gasteiger partial charge in [-0.15, -0.1) is 0 Å². The third-order valence-corrected chi connectivity index (χ3v) is 4.76. The van der Waals surface area contributed by atoms with E-state index < -0.39 is 0 Å². The van der Waals surface area contributed by atoms with E-state index in [9.17, 15) is 0 Å². The molecular weight excluding hydrogens is 198 g/mol. The molecule has 94 valence electrons. The number of hydrogen-bond acceptors (Lipinski definition) is 2. The van der Waals surface area contributed by atoms with Gasteiger partial charge in [-0.05, 0) is 50.0 Å². The maximum absolute atomic E-state index is 5.40. The number of hydrogen-bond donors (Lipinski definition) is 1. The predicted octanol–water partition coefficient (Wildman–Crippen LogP) is 2.83. The molecule has 0 radical (unpaired) electrons. The first-order valence-electron chi connectivity index (χ1n) is 7.12. The van der Waals surface area contributed by atoms with Crippen LogP contribution in [-0.2, 0) is 4.74 Å². The van der Waals surface area contributed by atoms with Crippen LogP contribution in [0.25, 0.3) is 0 Å². The molecule has 2 aliphatic rings. The smallest absolute Gasteiger partial charge is 0.0469 e. The molecule has 2 nitrogen and oxygen atoms in total. The van der Waals surface area contributed by atoms with Crippen LogP contribution in [0.3, 0.4) is 0 Å². The lowest BCUT2D eigenvalue weighted by Gasteiger charge is -2.26. The fourth-order valence-electron chi connectivity index (χ4n) is 3.38. The monoisotopic (exact) mass is 225 g/mol. The molecular formula is C14H27NO. The zero-order valence-electron chi connectivity index (χ0n) is 10.9. The Labute approximate surface area is 100 Å². The van der Waals surface area contributed by atoms with Gasteiger partial charge in [-0.2, -0.15) is 0 Å². The van der Waals surface area contributed by atoms with Crippen LogP contribution in [0.15, 0.2) is 0 Å². The first-order valence-corrected chi connectivity index (χ1v) is 7.12. The molecule has 0 bridgehead atoms. The Morgan fingerprint density at radius 2 is 1.88 bits per heavy atom. The van der Waals surface area contributed by atoms with Crippen molar-refractivity contribution in [1.82, 2.24) is 5.32 Å². The van der Waals surface area contributed by atoms with Gasteiger partial charge in [0.2, 0.25) is 0 Å². The van der Waals surface area contributed by atoms with Crippen LogP contribution in [-0.4, -0.2) is 25.8 Å². The van der Waals surface area contributed by atoms with Crippen molar-refractivity contribution in [2.24, 2.45) is 17.8 Å². The summed E-state index contributed by atoms with van der Waals surface area (Å²) in [6.45, 7) is 7.94. The zero-order valence-corrected chi connectivity index (χ0v) is 10.9. The third-order valence-electron chi connectivity index (χ3n) is 4.76. The summed E-state index contributed by atoms with van der Waals surface area (Å²) in [7, 11) is 0. The van der Waals surface area contributed by atoms with Gasteiger partial charge in [0.05, 0.1) is 0 Å². The lowest BCUT2D eigenvalue weighted by molar-refractivity contribution is 0.0649. The van der Waals surface area contributed by atoms with Gasteiger partial charge in [0.25, 0.3) is 0 Å². The molecule has 2 heteroatoms. The van der Waals surface area contributed by atoms with Gasteiger partial charge in [0, 0.05) is 19.3 Å². The fourth-order valence-corrected chi connectivity index (χ4v) is 3.38. The summed E-state index contributed by atoms with van der Waals surface area (Å²) in [6, 6.07) is 0.785. The molecule has 0 aromatic carbocycles. The fraction of sp³-hybridized carbons (Fsp3) is 1.00. The number of nitrogens with one attached hydrogen (secondary N) is 1. The third kappa shape index (κ3) is 2.98. The Bertz CT molecular complexity index is 201. The molecule has 1 saturated carbocycles. The van der Waals surface area contributed by atoms with Gasteiger partial charge in [0.1, 0.15) is 0 Å². The first-order chi connectivity index (χ1) is 7.81. The van der Waals surface area contributed by atoms with E-state index in [1.165, 1.54) is 38.6 Å². The number of rotatable bonds is 4. The second-order valence-electron chi connectivity index (χ2n) is 5.68. The highest BCUT2D eigenvalue weighted by Gasteiger charge is 2.31. The molecule has 2 rings (SSSR count). The van der Waals surface area contributed by atoms with Gasteiger partial charge in [-0.3, -0.25) is 0 Å². The molecule has 0 aromatic rings. The Morgan fingerprint density at radius 3 is 2.50 bits per heavy atom. The van der Waals surface area contributed by atoms with Crippen LogP contribution in [0.1, 0.15) is 46.0 Å². The highest BCUT2D eigenvalue weighted by Crippen LogP contribution is 2.34. The summed E-state index contributed by atoms with van der Waals surface area (Å²) in [6.07, 6.45) is 6.69. The van der Waals surface area contributed by atoms with Crippen molar-refractivity contribution in [3.8, 4) is 0 Å². The van der Waals surface area contributed by atoms with Crippen molar-refractivity contribution in [3.05, 3.63) is 0 Å². The summed E-state index contributed by atoms with van der Waals surface area (Å²) in [4.78, 5) is 0. The Balaban J connectivity index is 1.69. The molecule has 16 heavy (non-hydrogen) atoms. The Kier molecular flexibility index (Phi) is 4.66. The van der Waals surface area contributed by atoms with Gasteiger partial charge in [-0.25, -0.2) is 0 Å². The summed E-state index contributed by atoms with van der Waals surface area (Å²) < 4.78 is 5.40. The van der Waals surface area contributed by atoms with Crippen LogP contribution < -0.4 is 5.32 Å². The topological polar surface area (TPSA) is 21.3 Å². The van der Waals surface area contributed by atoms with E-state index in [0.29, 0.717) is 0 Å². The van der Waals surface area contributed by atoms with Crippen LogP contribution in [0.4, 0.5) is 0 Å². The standard InChI is InChI=1S/C14H27NO/c1-3-13-4-5-14(11(13)2)15-10-12-6-8-16-9-7-12/h11-15H,3-10H2,1-2H3. The molecule has 0 spiro atoms. The highest BCUT2D eigenvalue weighted by molar-refractivity contribution is 4.86. The second kappa shape index (κ2) is 6.02. The summed E-state index contributed by atoms with van der Waals surface area (Å²) in [5, 5.41) is 3.81. The Morgan fingerprint density at radius 1 is 1.12 bits per heavy atom. The molecule has 1 aliphatic carbocycles. The zero-order chi connectivity index (χ0) is 11.4.